The van der Waals surface area contributed by atoms with Gasteiger partial charge in [-0.15, -0.1) is 11.3 Å². The molecular weight excluding hydrogens is 1340 g/mol. The molecule has 2 aliphatic rings. The maximum atomic E-state index is 5.45. The summed E-state index contributed by atoms with van der Waals surface area (Å²) in [7, 11) is 0. The van der Waals surface area contributed by atoms with Gasteiger partial charge in [0.15, 0.2) is 11.6 Å². The van der Waals surface area contributed by atoms with Crippen LogP contribution in [0.25, 0.3) is 187 Å². The average molecular weight is 1410 g/mol. The van der Waals surface area contributed by atoms with Crippen molar-refractivity contribution < 1.29 is 0 Å². The van der Waals surface area contributed by atoms with Crippen LogP contribution in [0.4, 0.5) is 0 Å². The molecule has 0 fully saturated rings. The number of fused-ring (bicyclic) bond motifs is 15. The van der Waals surface area contributed by atoms with Crippen molar-refractivity contribution in [1.82, 2.24) is 29.9 Å². The Labute approximate surface area is 637 Å². The van der Waals surface area contributed by atoms with E-state index in [0.29, 0.717) is 0 Å². The van der Waals surface area contributed by atoms with E-state index in [-0.39, 0.29) is 10.8 Å². The zero-order chi connectivity index (χ0) is 72.9. The maximum absolute atomic E-state index is 5.45. The molecule has 0 N–H and O–H groups in total. The molecule has 6 nitrogen and oxygen atoms in total. The smallest absolute Gasteiger partial charge is 0.160 e. The molecule has 0 amide bonds. The van der Waals surface area contributed by atoms with Gasteiger partial charge >= 0.3 is 0 Å². The first-order chi connectivity index (χ1) is 53.5. The molecule has 2 aliphatic carbocycles. The van der Waals surface area contributed by atoms with Crippen LogP contribution in [0.5, 0.6) is 0 Å². The number of benzene rings is 14. The third-order valence-corrected chi connectivity index (χ3v) is 23.7. The molecule has 109 heavy (non-hydrogen) atoms. The lowest BCUT2D eigenvalue weighted by molar-refractivity contribution is 0.657. The molecule has 5 heterocycles. The molecule has 0 unspecified atom stereocenters. The number of hydrogen-bond donors (Lipinski definition) is 0. The van der Waals surface area contributed by atoms with Crippen LogP contribution in [0.3, 0.4) is 0 Å². The van der Waals surface area contributed by atoms with Crippen LogP contribution in [0.15, 0.2) is 352 Å². The highest BCUT2D eigenvalue weighted by Gasteiger charge is 2.42. The maximum Gasteiger partial charge on any atom is 0.160 e. The molecule has 514 valence electrons. The van der Waals surface area contributed by atoms with E-state index in [1.807, 2.05) is 36.1 Å². The number of thiophene rings is 1. The van der Waals surface area contributed by atoms with Crippen LogP contribution in [-0.2, 0) is 10.8 Å². The molecule has 21 rings (SSSR count). The predicted octanol–water partition coefficient (Wildman–Crippen LogP) is 26.9. The molecule has 7 heteroatoms. The van der Waals surface area contributed by atoms with Crippen LogP contribution >= 0.6 is 11.3 Å². The standard InChI is InChI=1S/C54H37N3.C48H33N3S/c1-54(2)49-23-8-7-22-47(49)52-50(54)51(40-16-10-12-35(31-40)34-26-28-55-29-27-34)56-53(57-52)41-17-11-15-38(32-41)36-13-9-14-37(30-36)39-24-25-46-44-20-4-3-18-42(44)43-19-5-6-21-45(43)48(46)33-39;1-48(2)41-21-5-3-18-40(41)45-43(48)44(35-15-8-11-31(28-35)30-23-25-49-26-24-30)50-47(51-45)36-16-9-13-33(29-36)32-12-7-14-34(27-32)37-19-10-20-39-38-17-4-6-22-42(38)52-46(37)39/h3-33H,1-2H3;3-29H,1-2H3. The monoisotopic (exact) mass is 1410 g/mol. The highest BCUT2D eigenvalue weighted by molar-refractivity contribution is 7.26. The lowest BCUT2D eigenvalue weighted by atomic mass is 9.80. The second-order valence-corrected chi connectivity index (χ2v) is 30.7. The minimum Gasteiger partial charge on any atom is -0.265 e. The van der Waals surface area contributed by atoms with Crippen molar-refractivity contribution in [2.24, 2.45) is 0 Å². The van der Waals surface area contributed by atoms with Gasteiger partial charge in [-0.3, -0.25) is 9.97 Å². The quantitative estimate of drug-likeness (QED) is 0.127. The van der Waals surface area contributed by atoms with Crippen molar-refractivity contribution in [3.8, 4) is 135 Å². The molecule has 0 bridgehead atoms. The normalized spacial score (nSPS) is 12.9. The van der Waals surface area contributed by atoms with Gasteiger partial charge in [0, 0.05) is 100 Å². The number of hydrogen-bond acceptors (Lipinski definition) is 7. The Bertz CT molecular complexity index is 6840. The Kier molecular flexibility index (Phi) is 15.7. The van der Waals surface area contributed by atoms with E-state index >= 15 is 0 Å². The third kappa shape index (κ3) is 11.2. The molecule has 0 spiro atoms. The molecule has 19 aromatic rings. The Morgan fingerprint density at radius 3 is 1.03 bits per heavy atom. The van der Waals surface area contributed by atoms with Gasteiger partial charge in [0.1, 0.15) is 0 Å². The number of nitrogens with zero attached hydrogens (tertiary/aromatic N) is 6. The van der Waals surface area contributed by atoms with Crippen LogP contribution in [0, 0.1) is 0 Å². The van der Waals surface area contributed by atoms with Gasteiger partial charge in [-0.2, -0.15) is 0 Å². The van der Waals surface area contributed by atoms with Crippen LogP contribution in [0.1, 0.15) is 49.9 Å². The van der Waals surface area contributed by atoms with E-state index in [4.69, 9.17) is 19.9 Å². The zero-order valence-electron chi connectivity index (χ0n) is 60.6. The second kappa shape index (κ2) is 26.2. The van der Waals surface area contributed by atoms with Crippen molar-refractivity contribution >= 4 is 63.8 Å². The summed E-state index contributed by atoms with van der Waals surface area (Å²) in [5.74, 6) is 1.45. The zero-order valence-corrected chi connectivity index (χ0v) is 61.4. The third-order valence-electron chi connectivity index (χ3n) is 22.5. The predicted molar refractivity (Wildman–Crippen MR) is 455 cm³/mol. The van der Waals surface area contributed by atoms with E-state index in [2.05, 4.69) is 365 Å². The molecule has 14 aromatic carbocycles. The Morgan fingerprint density at radius 2 is 0.541 bits per heavy atom. The summed E-state index contributed by atoms with van der Waals surface area (Å²) in [4.78, 5) is 30.1. The first kappa shape index (κ1) is 65.1. The van der Waals surface area contributed by atoms with Crippen molar-refractivity contribution in [3.05, 3.63) is 375 Å². The van der Waals surface area contributed by atoms with E-state index in [0.717, 1.165) is 101 Å². The van der Waals surface area contributed by atoms with E-state index in [1.54, 1.807) is 0 Å². The SMILES string of the molecule is CC1(C)c2ccccc2-c2nc(-c3cccc(-c4cccc(-c5ccc6c7ccccc7c7ccccc7c6c5)c4)c3)nc(-c3cccc(-c4ccncc4)c3)c21.CC1(C)c2ccccc2-c2nc(-c3cccc(-c4cccc(-c5cccc6c5sc5ccccc56)c4)c3)nc(-c3cccc(-c4ccncc4)c3)c21. The summed E-state index contributed by atoms with van der Waals surface area (Å²) >= 11 is 1.87. The van der Waals surface area contributed by atoms with Crippen molar-refractivity contribution in [2.75, 3.05) is 0 Å². The van der Waals surface area contributed by atoms with E-state index in [9.17, 15) is 0 Å². The van der Waals surface area contributed by atoms with Crippen molar-refractivity contribution in [3.63, 3.8) is 0 Å². The second-order valence-electron chi connectivity index (χ2n) is 29.7. The summed E-state index contributed by atoms with van der Waals surface area (Å²) in [6.07, 6.45) is 7.37. The minimum absolute atomic E-state index is 0.258. The van der Waals surface area contributed by atoms with Crippen molar-refractivity contribution in [1.29, 1.82) is 0 Å². The van der Waals surface area contributed by atoms with E-state index in [1.165, 1.54) is 108 Å². The van der Waals surface area contributed by atoms with Crippen LogP contribution in [0.2, 0.25) is 0 Å². The van der Waals surface area contributed by atoms with Gasteiger partial charge in [0.25, 0.3) is 0 Å². The van der Waals surface area contributed by atoms with Gasteiger partial charge in [-0.05, 0) is 183 Å². The topological polar surface area (TPSA) is 77.3 Å². The highest BCUT2D eigenvalue weighted by Crippen LogP contribution is 2.54. The van der Waals surface area contributed by atoms with Crippen LogP contribution < -0.4 is 0 Å². The number of rotatable bonds is 10. The Morgan fingerprint density at radius 1 is 0.220 bits per heavy atom. The van der Waals surface area contributed by atoms with Crippen LogP contribution in [-0.4, -0.2) is 29.9 Å². The van der Waals surface area contributed by atoms with E-state index < -0.39 is 0 Å². The van der Waals surface area contributed by atoms with Gasteiger partial charge < -0.3 is 0 Å². The molecule has 0 radical (unpaired) electrons. The van der Waals surface area contributed by atoms with Gasteiger partial charge in [-0.25, -0.2) is 19.9 Å². The molecule has 0 atom stereocenters. The fraction of sp³-hybridized carbons (Fsp3) is 0.0588. The number of aromatic nitrogens is 6. The molecular formula is C102H70N6S. The van der Waals surface area contributed by atoms with Gasteiger partial charge in [-0.1, -0.05) is 282 Å². The lowest BCUT2D eigenvalue weighted by Gasteiger charge is -2.24. The lowest BCUT2D eigenvalue weighted by Crippen LogP contribution is -2.17. The van der Waals surface area contributed by atoms with Gasteiger partial charge in [0.2, 0.25) is 0 Å². The van der Waals surface area contributed by atoms with Crippen molar-refractivity contribution in [2.45, 2.75) is 38.5 Å². The summed E-state index contributed by atoms with van der Waals surface area (Å²) in [6, 6.07) is 118. The summed E-state index contributed by atoms with van der Waals surface area (Å²) in [5.41, 5.74) is 28.8. The molecule has 0 saturated carbocycles. The first-order valence-electron chi connectivity index (χ1n) is 37.3. The minimum atomic E-state index is -0.267. The summed E-state index contributed by atoms with van der Waals surface area (Å²) in [5, 5.41) is 10.3. The Hall–Kier alpha value is -13.5. The van der Waals surface area contributed by atoms with Gasteiger partial charge in [0.05, 0.1) is 22.8 Å². The number of pyridine rings is 2. The fourth-order valence-corrected chi connectivity index (χ4v) is 18.4. The largest absolute Gasteiger partial charge is 0.265 e. The summed E-state index contributed by atoms with van der Waals surface area (Å²) in [6.45, 7) is 9.18. The molecule has 5 aromatic heterocycles. The fourth-order valence-electron chi connectivity index (χ4n) is 17.2. The average Bonchev–Trinajstić information content (AvgIpc) is 1.60. The molecule has 0 saturated heterocycles. The summed E-state index contributed by atoms with van der Waals surface area (Å²) < 4.78 is 2.64. The molecule has 0 aliphatic heterocycles. The Balaban J connectivity index is 0.000000144. The highest BCUT2D eigenvalue weighted by atomic mass is 32.1. The first-order valence-corrected chi connectivity index (χ1v) is 38.1.